The fraction of sp³-hybridized carbons (Fsp3) is 0.609. The van der Waals surface area contributed by atoms with Gasteiger partial charge in [0, 0.05) is 49.8 Å². The van der Waals surface area contributed by atoms with Gasteiger partial charge in [0.05, 0.1) is 38.0 Å². The second kappa shape index (κ2) is 7.46. The number of morpholine rings is 1. The third kappa shape index (κ3) is 3.41. The summed E-state index contributed by atoms with van der Waals surface area (Å²) in [6.07, 6.45) is 8.60. The smallest absolute Gasteiger partial charge is 0.211 e. The van der Waals surface area contributed by atoms with Crippen LogP contribution in [0.15, 0.2) is 30.7 Å². The minimum Gasteiger partial charge on any atom is -0.378 e. The van der Waals surface area contributed by atoms with Crippen LogP contribution in [0.3, 0.4) is 0 Å². The molecule has 4 fully saturated rings. The van der Waals surface area contributed by atoms with Gasteiger partial charge in [-0.3, -0.25) is 0 Å². The van der Waals surface area contributed by atoms with Crippen molar-refractivity contribution in [2.75, 3.05) is 48.9 Å². The van der Waals surface area contributed by atoms with E-state index >= 15 is 0 Å². The number of benzene rings is 1. The molecule has 2 aromatic rings. The molecule has 172 valence electrons. The van der Waals surface area contributed by atoms with Crippen LogP contribution < -0.4 is 9.80 Å². The van der Waals surface area contributed by atoms with Crippen molar-refractivity contribution in [2.24, 2.45) is 11.3 Å². The van der Waals surface area contributed by atoms with Gasteiger partial charge >= 0.3 is 0 Å². The van der Waals surface area contributed by atoms with E-state index in [0.717, 1.165) is 54.9 Å². The lowest BCUT2D eigenvalue weighted by atomic mass is 9.41. The summed E-state index contributed by atoms with van der Waals surface area (Å²) in [6, 6.07) is 6.77. The van der Waals surface area contributed by atoms with Gasteiger partial charge in [-0.15, -0.1) is 0 Å². The number of imidazole rings is 1. The van der Waals surface area contributed by atoms with Crippen molar-refractivity contribution in [3.63, 3.8) is 0 Å². The quantitative estimate of drug-likeness (QED) is 0.741. The molecule has 3 heterocycles. The van der Waals surface area contributed by atoms with Crippen LogP contribution in [0.4, 0.5) is 11.4 Å². The number of anilines is 2. The standard InChI is InChI=1S/C23H31N5O3S/c1-32(29,30)27-13-18-8-20(26-4-6-31-7-5-26)2-3-21(18)28(14-19-12-24-16-25-19)22(15-27)23-9-17(10-23)11-23/h2-3,8,12,16-17,22H,4-7,9-11,13-15H2,1H3,(H,24,25). The van der Waals surface area contributed by atoms with Gasteiger partial charge in [-0.05, 0) is 54.4 Å². The first-order valence-corrected chi connectivity index (χ1v) is 13.4. The molecule has 1 aromatic heterocycles. The predicted octanol–water partition coefficient (Wildman–Crippen LogP) is 2.20. The van der Waals surface area contributed by atoms with E-state index in [1.807, 2.05) is 6.20 Å². The first-order valence-electron chi connectivity index (χ1n) is 11.6. The minimum atomic E-state index is -3.32. The van der Waals surface area contributed by atoms with E-state index in [-0.39, 0.29) is 11.5 Å². The van der Waals surface area contributed by atoms with Crippen molar-refractivity contribution in [2.45, 2.75) is 38.4 Å². The Bertz CT molecular complexity index is 1080. The molecule has 0 amide bonds. The van der Waals surface area contributed by atoms with Gasteiger partial charge in [0.1, 0.15) is 0 Å². The van der Waals surface area contributed by atoms with E-state index in [1.54, 1.807) is 10.6 Å². The van der Waals surface area contributed by atoms with Crippen molar-refractivity contribution >= 4 is 21.4 Å². The Labute approximate surface area is 189 Å². The van der Waals surface area contributed by atoms with Gasteiger partial charge in [0.2, 0.25) is 10.0 Å². The number of nitrogens with one attached hydrogen (secondary N) is 1. The maximum Gasteiger partial charge on any atom is 0.211 e. The van der Waals surface area contributed by atoms with E-state index in [2.05, 4.69) is 38.0 Å². The van der Waals surface area contributed by atoms with Crippen molar-refractivity contribution < 1.29 is 13.2 Å². The van der Waals surface area contributed by atoms with Crippen LogP contribution in [0.5, 0.6) is 0 Å². The van der Waals surface area contributed by atoms with E-state index in [0.29, 0.717) is 19.6 Å². The fourth-order valence-corrected chi connectivity index (χ4v) is 6.98. The average molecular weight is 458 g/mol. The highest BCUT2D eigenvalue weighted by Crippen LogP contribution is 2.67. The maximum atomic E-state index is 12.8. The molecule has 7 rings (SSSR count). The summed E-state index contributed by atoms with van der Waals surface area (Å²) in [5.41, 5.74) is 4.66. The number of aromatic nitrogens is 2. The highest BCUT2D eigenvalue weighted by molar-refractivity contribution is 7.88. The molecule has 1 atom stereocenters. The average Bonchev–Trinajstić information content (AvgIpc) is 3.16. The molecule has 1 unspecified atom stereocenters. The van der Waals surface area contributed by atoms with Crippen LogP contribution in [-0.2, 0) is 27.8 Å². The van der Waals surface area contributed by atoms with Crippen molar-refractivity contribution in [3.05, 3.63) is 42.0 Å². The van der Waals surface area contributed by atoms with Gasteiger partial charge < -0.3 is 19.5 Å². The van der Waals surface area contributed by atoms with Crippen LogP contribution >= 0.6 is 0 Å². The molecule has 5 aliphatic rings. The van der Waals surface area contributed by atoms with Gasteiger partial charge in [-0.2, -0.15) is 4.31 Å². The van der Waals surface area contributed by atoms with Gasteiger partial charge in [0.25, 0.3) is 0 Å². The lowest BCUT2D eigenvalue weighted by Gasteiger charge is -2.67. The Hall–Kier alpha value is -2.10. The molecule has 9 heteroatoms. The molecular formula is C23H31N5O3S. The van der Waals surface area contributed by atoms with E-state index in [4.69, 9.17) is 4.74 Å². The zero-order chi connectivity index (χ0) is 21.9. The van der Waals surface area contributed by atoms with Crippen LogP contribution in [-0.4, -0.2) is 67.8 Å². The molecule has 3 aliphatic carbocycles. The molecule has 0 spiro atoms. The third-order valence-corrected chi connectivity index (χ3v) is 9.22. The molecule has 2 aliphatic heterocycles. The molecule has 2 bridgehead atoms. The van der Waals surface area contributed by atoms with Gasteiger partial charge in [0.15, 0.2) is 0 Å². The largest absolute Gasteiger partial charge is 0.378 e. The number of aromatic amines is 1. The zero-order valence-electron chi connectivity index (χ0n) is 18.5. The van der Waals surface area contributed by atoms with E-state index in [1.165, 1.54) is 25.5 Å². The molecule has 3 saturated carbocycles. The van der Waals surface area contributed by atoms with Crippen molar-refractivity contribution in [1.82, 2.24) is 14.3 Å². The maximum absolute atomic E-state index is 12.8. The van der Waals surface area contributed by atoms with Crippen LogP contribution in [0, 0.1) is 11.3 Å². The van der Waals surface area contributed by atoms with Crippen molar-refractivity contribution in [3.8, 4) is 0 Å². The summed E-state index contributed by atoms with van der Waals surface area (Å²) in [4.78, 5) is 12.3. The number of hydrogen-bond donors (Lipinski definition) is 1. The second-order valence-corrected chi connectivity index (χ2v) is 12.0. The van der Waals surface area contributed by atoms with E-state index in [9.17, 15) is 8.42 Å². The lowest BCUT2D eigenvalue weighted by Crippen LogP contribution is -2.66. The molecule has 1 saturated heterocycles. The Morgan fingerprint density at radius 3 is 2.62 bits per heavy atom. The molecule has 8 nitrogen and oxygen atoms in total. The Balaban J connectivity index is 1.43. The fourth-order valence-electron chi connectivity index (χ4n) is 6.19. The third-order valence-electron chi connectivity index (χ3n) is 8.01. The number of sulfonamides is 1. The van der Waals surface area contributed by atoms with Gasteiger partial charge in [-0.25, -0.2) is 13.4 Å². The number of nitrogens with zero attached hydrogens (tertiary/aromatic N) is 4. The molecule has 1 N–H and O–H groups in total. The normalized spacial score (nSPS) is 30.3. The summed E-state index contributed by atoms with van der Waals surface area (Å²) >= 11 is 0. The highest BCUT2D eigenvalue weighted by atomic mass is 32.2. The van der Waals surface area contributed by atoms with Crippen molar-refractivity contribution in [1.29, 1.82) is 0 Å². The number of rotatable bonds is 5. The number of ether oxygens (including phenoxy) is 1. The molecule has 32 heavy (non-hydrogen) atoms. The first kappa shape index (κ1) is 20.5. The second-order valence-electron chi connectivity index (χ2n) is 10.0. The number of hydrogen-bond acceptors (Lipinski definition) is 6. The summed E-state index contributed by atoms with van der Waals surface area (Å²) in [5, 5.41) is 0. The van der Waals surface area contributed by atoms with Crippen LogP contribution in [0.25, 0.3) is 0 Å². The topological polar surface area (TPSA) is 81.8 Å². The summed E-state index contributed by atoms with van der Waals surface area (Å²) in [5.74, 6) is 0.835. The molecule has 1 aromatic carbocycles. The predicted molar refractivity (Wildman–Crippen MR) is 123 cm³/mol. The Kier molecular flexibility index (Phi) is 4.78. The SMILES string of the molecule is CS(=O)(=O)N1Cc2cc(N3CCOCC3)ccc2N(Cc2cnc[nH]2)C(C23CC(C2)C3)C1. The van der Waals surface area contributed by atoms with Crippen LogP contribution in [0.2, 0.25) is 0 Å². The molecular weight excluding hydrogens is 426 g/mol. The Morgan fingerprint density at radius 1 is 1.22 bits per heavy atom. The van der Waals surface area contributed by atoms with E-state index < -0.39 is 10.0 Å². The summed E-state index contributed by atoms with van der Waals surface area (Å²) in [6.45, 7) is 4.84. The summed E-state index contributed by atoms with van der Waals surface area (Å²) < 4.78 is 32.9. The monoisotopic (exact) mass is 457 g/mol. The minimum absolute atomic E-state index is 0.168. The first-order chi connectivity index (χ1) is 15.4. The number of H-pyrrole nitrogens is 1. The highest BCUT2D eigenvalue weighted by Gasteiger charge is 2.62. The lowest BCUT2D eigenvalue weighted by molar-refractivity contribution is -0.128. The van der Waals surface area contributed by atoms with Gasteiger partial charge in [-0.1, -0.05) is 0 Å². The molecule has 0 radical (unpaired) electrons. The summed E-state index contributed by atoms with van der Waals surface area (Å²) in [7, 11) is -3.32. The Morgan fingerprint density at radius 2 is 2.00 bits per heavy atom. The number of fused-ring (bicyclic) bond motifs is 1. The zero-order valence-corrected chi connectivity index (χ0v) is 19.4. The van der Waals surface area contributed by atoms with Crippen LogP contribution in [0.1, 0.15) is 30.5 Å².